The Kier molecular flexibility index (Phi) is 0.945. The van der Waals surface area contributed by atoms with Crippen LogP contribution in [0, 0.1) is 0 Å². The largest absolute Gasteiger partial charge is 0.388 e. The van der Waals surface area contributed by atoms with Gasteiger partial charge in [0.1, 0.15) is 0 Å². The highest BCUT2D eigenvalue weighted by molar-refractivity contribution is 5.05. The van der Waals surface area contributed by atoms with Gasteiger partial charge in [-0.15, -0.1) is 0 Å². The van der Waals surface area contributed by atoms with Crippen LogP contribution in [0.2, 0.25) is 0 Å². The average molecular weight is 127 g/mol. The quantitative estimate of drug-likeness (QED) is 0.489. The third kappa shape index (κ3) is 0.700. The van der Waals surface area contributed by atoms with Gasteiger partial charge in [0.05, 0.1) is 5.60 Å². The zero-order valence-corrected chi connectivity index (χ0v) is 5.72. The molecule has 2 heteroatoms. The topological polar surface area (TPSA) is 32.3 Å². The number of nitrogens with one attached hydrogen (secondary N) is 1. The fourth-order valence-electron chi connectivity index (χ4n) is 2.11. The predicted molar refractivity (Wildman–Crippen MR) is 35.2 cm³/mol. The average Bonchev–Trinajstić information content (AvgIpc) is 2.19. The summed E-state index contributed by atoms with van der Waals surface area (Å²) in [6.45, 7) is 1.93. The summed E-state index contributed by atoms with van der Waals surface area (Å²) in [5, 5.41) is 13.0. The predicted octanol–water partition coefficient (Wildman–Crippen LogP) is 0.262. The molecule has 3 unspecified atom stereocenters. The molecular weight excluding hydrogens is 114 g/mol. The van der Waals surface area contributed by atoms with Gasteiger partial charge in [-0.2, -0.15) is 0 Å². The van der Waals surface area contributed by atoms with Crippen LogP contribution >= 0.6 is 0 Å². The molecule has 2 rings (SSSR count). The molecule has 0 spiro atoms. The molecule has 2 fully saturated rings. The minimum absolute atomic E-state index is 0.391. The molecule has 2 N–H and O–H groups in total. The molecule has 0 saturated carbocycles. The van der Waals surface area contributed by atoms with Gasteiger partial charge in [0.25, 0.3) is 0 Å². The maximum atomic E-state index is 9.62. The molecule has 9 heavy (non-hydrogen) atoms. The van der Waals surface area contributed by atoms with E-state index in [1.54, 1.807) is 0 Å². The van der Waals surface area contributed by atoms with Crippen molar-refractivity contribution in [2.75, 3.05) is 0 Å². The molecule has 0 radical (unpaired) electrons. The van der Waals surface area contributed by atoms with E-state index in [4.69, 9.17) is 0 Å². The van der Waals surface area contributed by atoms with Crippen LogP contribution in [0.1, 0.15) is 26.2 Å². The Bertz CT molecular complexity index is 133. The Balaban J connectivity index is 2.18. The maximum absolute atomic E-state index is 9.62. The highest BCUT2D eigenvalue weighted by atomic mass is 16.3. The molecule has 3 atom stereocenters. The monoisotopic (exact) mass is 127 g/mol. The SMILES string of the molecule is CC1(O)CC2CCC1N2. The van der Waals surface area contributed by atoms with Crippen LogP contribution in [0.4, 0.5) is 0 Å². The van der Waals surface area contributed by atoms with Crippen LogP contribution in [0.15, 0.2) is 0 Å². The molecule has 2 nitrogen and oxygen atoms in total. The molecule has 0 amide bonds. The molecule has 0 aliphatic carbocycles. The van der Waals surface area contributed by atoms with Gasteiger partial charge in [-0.05, 0) is 26.2 Å². The first-order chi connectivity index (χ1) is 4.18. The van der Waals surface area contributed by atoms with Crippen LogP contribution in [-0.4, -0.2) is 22.8 Å². The first-order valence-electron chi connectivity index (χ1n) is 3.67. The molecule has 2 saturated heterocycles. The Hall–Kier alpha value is -0.0800. The van der Waals surface area contributed by atoms with E-state index in [2.05, 4.69) is 5.32 Å². The number of fused-ring (bicyclic) bond motifs is 2. The van der Waals surface area contributed by atoms with Crippen molar-refractivity contribution in [2.24, 2.45) is 0 Å². The molecule has 0 aromatic carbocycles. The summed E-state index contributed by atoms with van der Waals surface area (Å²) in [6, 6.07) is 1.01. The van der Waals surface area contributed by atoms with Gasteiger partial charge in [0, 0.05) is 12.1 Å². The molecule has 2 heterocycles. The van der Waals surface area contributed by atoms with E-state index in [1.807, 2.05) is 6.92 Å². The smallest absolute Gasteiger partial charge is 0.0786 e. The summed E-state index contributed by atoms with van der Waals surface area (Å²) in [5.41, 5.74) is -0.400. The number of rotatable bonds is 0. The van der Waals surface area contributed by atoms with E-state index in [9.17, 15) is 5.11 Å². The lowest BCUT2D eigenvalue weighted by Gasteiger charge is -2.25. The van der Waals surface area contributed by atoms with E-state index < -0.39 is 5.60 Å². The summed E-state index contributed by atoms with van der Waals surface area (Å²) < 4.78 is 0. The van der Waals surface area contributed by atoms with Gasteiger partial charge < -0.3 is 10.4 Å². The van der Waals surface area contributed by atoms with Crippen molar-refractivity contribution < 1.29 is 5.11 Å². The Morgan fingerprint density at radius 1 is 1.56 bits per heavy atom. The maximum Gasteiger partial charge on any atom is 0.0786 e. The number of aliphatic hydroxyl groups is 1. The van der Waals surface area contributed by atoms with Crippen LogP contribution in [0.5, 0.6) is 0 Å². The van der Waals surface area contributed by atoms with E-state index in [1.165, 1.54) is 6.42 Å². The normalized spacial score (nSPS) is 56.7. The summed E-state index contributed by atoms with van der Waals surface area (Å²) in [5.74, 6) is 0. The zero-order chi connectivity index (χ0) is 6.48. The molecule has 2 aliphatic heterocycles. The fourth-order valence-corrected chi connectivity index (χ4v) is 2.11. The van der Waals surface area contributed by atoms with E-state index in [0.29, 0.717) is 12.1 Å². The third-order valence-corrected chi connectivity index (χ3v) is 2.65. The van der Waals surface area contributed by atoms with Crippen LogP contribution < -0.4 is 5.32 Å². The van der Waals surface area contributed by atoms with E-state index in [0.717, 1.165) is 12.8 Å². The minimum Gasteiger partial charge on any atom is -0.388 e. The van der Waals surface area contributed by atoms with Crippen molar-refractivity contribution in [3.05, 3.63) is 0 Å². The third-order valence-electron chi connectivity index (χ3n) is 2.65. The van der Waals surface area contributed by atoms with Crippen LogP contribution in [0.25, 0.3) is 0 Å². The van der Waals surface area contributed by atoms with Gasteiger partial charge in [-0.25, -0.2) is 0 Å². The summed E-state index contributed by atoms with van der Waals surface area (Å²) >= 11 is 0. The lowest BCUT2D eigenvalue weighted by molar-refractivity contribution is 0.0352. The van der Waals surface area contributed by atoms with Crippen molar-refractivity contribution in [1.82, 2.24) is 5.32 Å². The number of hydrogen-bond acceptors (Lipinski definition) is 2. The van der Waals surface area contributed by atoms with Crippen molar-refractivity contribution in [3.63, 3.8) is 0 Å². The van der Waals surface area contributed by atoms with Crippen molar-refractivity contribution in [1.29, 1.82) is 0 Å². The number of hydrogen-bond donors (Lipinski definition) is 2. The zero-order valence-electron chi connectivity index (χ0n) is 5.72. The molecule has 0 aromatic rings. The summed E-state index contributed by atoms with van der Waals surface area (Å²) in [4.78, 5) is 0. The second-order valence-electron chi connectivity index (χ2n) is 3.55. The first kappa shape index (κ1) is 5.69. The molecular formula is C7H13NO. The van der Waals surface area contributed by atoms with Crippen molar-refractivity contribution >= 4 is 0 Å². The van der Waals surface area contributed by atoms with Gasteiger partial charge in [0.15, 0.2) is 0 Å². The summed E-state index contributed by atoms with van der Waals surface area (Å²) in [7, 11) is 0. The van der Waals surface area contributed by atoms with Crippen LogP contribution in [-0.2, 0) is 0 Å². The molecule has 2 aliphatic rings. The fraction of sp³-hybridized carbons (Fsp3) is 1.00. The molecule has 0 aromatic heterocycles. The minimum atomic E-state index is -0.400. The highest BCUT2D eigenvalue weighted by Crippen LogP contribution is 2.35. The first-order valence-corrected chi connectivity index (χ1v) is 3.67. The second-order valence-corrected chi connectivity index (χ2v) is 3.55. The second kappa shape index (κ2) is 1.50. The van der Waals surface area contributed by atoms with Gasteiger partial charge in [0.2, 0.25) is 0 Å². The Morgan fingerprint density at radius 2 is 2.33 bits per heavy atom. The van der Waals surface area contributed by atoms with Gasteiger partial charge in [-0.1, -0.05) is 0 Å². The molecule has 2 bridgehead atoms. The van der Waals surface area contributed by atoms with Crippen molar-refractivity contribution in [2.45, 2.75) is 43.9 Å². The Morgan fingerprint density at radius 3 is 2.56 bits per heavy atom. The van der Waals surface area contributed by atoms with E-state index in [-0.39, 0.29) is 0 Å². The standard InChI is InChI=1S/C7H13NO/c1-7(9)4-5-2-3-6(7)8-5/h5-6,8-9H,2-4H2,1H3. The van der Waals surface area contributed by atoms with Gasteiger partial charge in [-0.3, -0.25) is 0 Å². The lowest BCUT2D eigenvalue weighted by Crippen LogP contribution is -2.38. The molecule has 52 valence electrons. The van der Waals surface area contributed by atoms with Crippen LogP contribution in [0.3, 0.4) is 0 Å². The van der Waals surface area contributed by atoms with E-state index >= 15 is 0 Å². The Labute approximate surface area is 55.3 Å². The highest BCUT2D eigenvalue weighted by Gasteiger charge is 2.46. The van der Waals surface area contributed by atoms with Gasteiger partial charge >= 0.3 is 0 Å². The summed E-state index contributed by atoms with van der Waals surface area (Å²) in [6.07, 6.45) is 3.39. The van der Waals surface area contributed by atoms with Crippen molar-refractivity contribution in [3.8, 4) is 0 Å². The lowest BCUT2D eigenvalue weighted by atomic mass is 9.87.